The van der Waals surface area contributed by atoms with Crippen LogP contribution in [0, 0.1) is 6.92 Å². The molecule has 0 amide bonds. The Balaban J connectivity index is 2.80. The normalized spacial score (nSPS) is 11.1. The van der Waals surface area contributed by atoms with Crippen LogP contribution in [0.1, 0.15) is 58.1 Å². The number of aromatic nitrogens is 1. The van der Waals surface area contributed by atoms with Crippen molar-refractivity contribution in [3.05, 3.63) is 23.4 Å². The number of hydrogen-bond acceptors (Lipinski definition) is 3. The van der Waals surface area contributed by atoms with E-state index in [4.69, 9.17) is 4.98 Å². The minimum atomic E-state index is 0.498. The first-order chi connectivity index (χ1) is 9.60. The number of nitrogens with zero attached hydrogens (tertiary/aromatic N) is 2. The lowest BCUT2D eigenvalue weighted by Gasteiger charge is -2.29. The van der Waals surface area contributed by atoms with E-state index in [0.717, 1.165) is 25.5 Å². The summed E-state index contributed by atoms with van der Waals surface area (Å²) in [6, 6.07) is 2.76. The van der Waals surface area contributed by atoms with E-state index in [2.05, 4.69) is 50.9 Å². The second-order valence-electron chi connectivity index (χ2n) is 5.76. The molecule has 0 aliphatic heterocycles. The fourth-order valence-corrected chi connectivity index (χ4v) is 2.43. The molecular formula is C17H31N3. The number of pyridine rings is 1. The van der Waals surface area contributed by atoms with E-state index in [-0.39, 0.29) is 0 Å². The number of rotatable bonds is 9. The predicted molar refractivity (Wildman–Crippen MR) is 88.4 cm³/mol. The molecule has 0 radical (unpaired) electrons. The predicted octanol–water partition coefficient (Wildman–Crippen LogP) is 3.90. The van der Waals surface area contributed by atoms with Gasteiger partial charge in [0.25, 0.3) is 0 Å². The van der Waals surface area contributed by atoms with Crippen LogP contribution >= 0.6 is 0 Å². The quantitative estimate of drug-likeness (QED) is 0.694. The molecule has 1 N–H and O–H groups in total. The van der Waals surface area contributed by atoms with E-state index >= 15 is 0 Å². The van der Waals surface area contributed by atoms with Crippen molar-refractivity contribution in [2.75, 3.05) is 18.0 Å². The van der Waals surface area contributed by atoms with Crippen LogP contribution in [-0.2, 0) is 6.54 Å². The minimum Gasteiger partial charge on any atom is -0.354 e. The molecule has 0 spiro atoms. The molecule has 0 aromatic carbocycles. The number of hydrogen-bond donors (Lipinski definition) is 1. The van der Waals surface area contributed by atoms with Gasteiger partial charge >= 0.3 is 0 Å². The van der Waals surface area contributed by atoms with E-state index in [9.17, 15) is 0 Å². The van der Waals surface area contributed by atoms with Crippen LogP contribution in [0.4, 0.5) is 5.82 Å². The van der Waals surface area contributed by atoms with Crippen molar-refractivity contribution in [3.63, 3.8) is 0 Å². The van der Waals surface area contributed by atoms with Gasteiger partial charge in [-0.15, -0.1) is 0 Å². The number of aryl methyl sites for hydroxylation is 1. The van der Waals surface area contributed by atoms with Gasteiger partial charge in [0.05, 0.1) is 0 Å². The van der Waals surface area contributed by atoms with Crippen molar-refractivity contribution >= 4 is 5.82 Å². The molecule has 1 aromatic rings. The van der Waals surface area contributed by atoms with Gasteiger partial charge in [-0.05, 0) is 50.9 Å². The first-order valence-electron chi connectivity index (χ1n) is 8.03. The molecule has 0 saturated heterocycles. The fraction of sp³-hybridized carbons (Fsp3) is 0.706. The van der Waals surface area contributed by atoms with Crippen molar-refractivity contribution in [1.29, 1.82) is 0 Å². The van der Waals surface area contributed by atoms with E-state index in [1.54, 1.807) is 0 Å². The summed E-state index contributed by atoms with van der Waals surface area (Å²) in [6.07, 6.45) is 5.82. The van der Waals surface area contributed by atoms with Crippen molar-refractivity contribution in [1.82, 2.24) is 10.3 Å². The van der Waals surface area contributed by atoms with E-state index in [1.165, 1.54) is 30.4 Å². The van der Waals surface area contributed by atoms with Crippen LogP contribution in [0.2, 0.25) is 0 Å². The van der Waals surface area contributed by atoms with Crippen molar-refractivity contribution < 1.29 is 0 Å². The molecule has 3 heteroatoms. The lowest BCUT2D eigenvalue weighted by molar-refractivity contribution is 0.617. The molecule has 0 aliphatic rings. The summed E-state index contributed by atoms with van der Waals surface area (Å²) >= 11 is 0. The molecule has 0 saturated carbocycles. The summed E-state index contributed by atoms with van der Waals surface area (Å²) in [7, 11) is 0. The summed E-state index contributed by atoms with van der Waals surface area (Å²) in [6.45, 7) is 14.1. The van der Waals surface area contributed by atoms with Crippen molar-refractivity contribution in [3.8, 4) is 0 Å². The van der Waals surface area contributed by atoms with Crippen LogP contribution < -0.4 is 10.2 Å². The van der Waals surface area contributed by atoms with Crippen LogP contribution in [0.15, 0.2) is 12.3 Å². The zero-order chi connectivity index (χ0) is 15.0. The first kappa shape index (κ1) is 17.0. The number of anilines is 1. The third-order valence-corrected chi connectivity index (χ3v) is 3.58. The van der Waals surface area contributed by atoms with Crippen LogP contribution in [-0.4, -0.2) is 24.1 Å². The Morgan fingerprint density at radius 2 is 2.00 bits per heavy atom. The van der Waals surface area contributed by atoms with E-state index in [0.29, 0.717) is 6.04 Å². The molecule has 1 heterocycles. The lowest BCUT2D eigenvalue weighted by Crippen LogP contribution is -2.33. The largest absolute Gasteiger partial charge is 0.354 e. The highest BCUT2D eigenvalue weighted by atomic mass is 15.2. The lowest BCUT2D eigenvalue weighted by atomic mass is 10.1. The summed E-state index contributed by atoms with van der Waals surface area (Å²) in [5.41, 5.74) is 2.55. The third-order valence-electron chi connectivity index (χ3n) is 3.58. The maximum atomic E-state index is 4.72. The Hall–Kier alpha value is -1.09. The maximum Gasteiger partial charge on any atom is 0.131 e. The topological polar surface area (TPSA) is 28.2 Å². The van der Waals surface area contributed by atoms with Gasteiger partial charge in [-0.25, -0.2) is 4.98 Å². The SMILES string of the molecule is CCCCCN(c1ncc(CNCC)cc1C)C(C)C. The average Bonchev–Trinajstić information content (AvgIpc) is 2.42. The summed E-state index contributed by atoms with van der Waals surface area (Å²) < 4.78 is 0. The van der Waals surface area contributed by atoms with Gasteiger partial charge in [0.15, 0.2) is 0 Å². The van der Waals surface area contributed by atoms with E-state index in [1.807, 2.05) is 6.20 Å². The van der Waals surface area contributed by atoms with Gasteiger partial charge in [0.1, 0.15) is 5.82 Å². The summed E-state index contributed by atoms with van der Waals surface area (Å²) in [5, 5.41) is 3.35. The van der Waals surface area contributed by atoms with Gasteiger partial charge < -0.3 is 10.2 Å². The summed E-state index contributed by atoms with van der Waals surface area (Å²) in [5.74, 6) is 1.15. The molecule has 3 nitrogen and oxygen atoms in total. The molecule has 114 valence electrons. The Labute approximate surface area is 124 Å². The summed E-state index contributed by atoms with van der Waals surface area (Å²) in [4.78, 5) is 7.15. The smallest absolute Gasteiger partial charge is 0.131 e. The molecule has 0 atom stereocenters. The fourth-order valence-electron chi connectivity index (χ4n) is 2.43. The number of unbranched alkanes of at least 4 members (excludes halogenated alkanes) is 2. The molecule has 0 bridgehead atoms. The molecule has 0 unspecified atom stereocenters. The van der Waals surface area contributed by atoms with Crippen LogP contribution in [0.3, 0.4) is 0 Å². The van der Waals surface area contributed by atoms with Crippen LogP contribution in [0.25, 0.3) is 0 Å². The van der Waals surface area contributed by atoms with Crippen molar-refractivity contribution in [2.24, 2.45) is 0 Å². The highest BCUT2D eigenvalue weighted by Crippen LogP contribution is 2.21. The third kappa shape index (κ3) is 5.12. The Bertz CT molecular complexity index is 388. The Morgan fingerprint density at radius 3 is 2.55 bits per heavy atom. The standard InChI is InChI=1S/C17H31N3/c1-6-8-9-10-20(14(3)4)17-15(5)11-16(13-19-17)12-18-7-2/h11,13-14,18H,6-10,12H2,1-5H3. The number of nitrogens with one attached hydrogen (secondary N) is 1. The maximum absolute atomic E-state index is 4.72. The first-order valence-corrected chi connectivity index (χ1v) is 8.03. The highest BCUT2D eigenvalue weighted by molar-refractivity contribution is 5.48. The Morgan fingerprint density at radius 1 is 1.25 bits per heavy atom. The van der Waals surface area contributed by atoms with Gasteiger partial charge in [0, 0.05) is 25.3 Å². The zero-order valence-corrected chi connectivity index (χ0v) is 13.9. The molecule has 0 aliphatic carbocycles. The van der Waals surface area contributed by atoms with Gasteiger partial charge in [-0.1, -0.05) is 26.7 Å². The van der Waals surface area contributed by atoms with Crippen molar-refractivity contribution in [2.45, 2.75) is 66.5 Å². The Kier molecular flexibility index (Phi) is 7.60. The second-order valence-corrected chi connectivity index (χ2v) is 5.76. The molecule has 0 fully saturated rings. The minimum absolute atomic E-state index is 0.498. The van der Waals surface area contributed by atoms with Gasteiger partial charge in [-0.2, -0.15) is 0 Å². The van der Waals surface area contributed by atoms with E-state index < -0.39 is 0 Å². The molecule has 20 heavy (non-hydrogen) atoms. The highest BCUT2D eigenvalue weighted by Gasteiger charge is 2.14. The van der Waals surface area contributed by atoms with Crippen LogP contribution in [0.5, 0.6) is 0 Å². The van der Waals surface area contributed by atoms with Gasteiger partial charge in [-0.3, -0.25) is 0 Å². The second kappa shape index (κ2) is 8.96. The zero-order valence-electron chi connectivity index (χ0n) is 13.9. The molecule has 1 rings (SSSR count). The molecular weight excluding hydrogens is 246 g/mol. The monoisotopic (exact) mass is 277 g/mol. The van der Waals surface area contributed by atoms with Gasteiger partial charge in [0.2, 0.25) is 0 Å². The average molecular weight is 277 g/mol. The molecule has 1 aromatic heterocycles.